The van der Waals surface area contributed by atoms with E-state index in [0.29, 0.717) is 120 Å². The van der Waals surface area contributed by atoms with Gasteiger partial charge in [0, 0.05) is 47.9 Å². The summed E-state index contributed by atoms with van der Waals surface area (Å²) in [6.07, 6.45) is 3.71. The number of aromatic carboxylic acids is 2. The van der Waals surface area contributed by atoms with Crippen molar-refractivity contribution >= 4 is 34.7 Å². The Bertz CT molecular complexity index is 2430. The standard InChI is InChI=1S/C54H56N4O8/c1-5-19-63-49-35-23-39-31-47(57-55-45-15-11-9-12-16-45)33-41(51(39)65-21-7-3)25-37-29-44(54(61)62)30-38(50(37)64-20-6-2)26-42-34-48(58-56-46-17-13-10-14-18-46)32-40(52(42)66-22-8-4)24-36(49)28-43(27-35)53(59)60/h9-18,27-34H,5-8,19-26H2,1-4H3,(H,59,60)(H,61,62). The summed E-state index contributed by atoms with van der Waals surface area (Å²) in [5.74, 6) is 0.151. The van der Waals surface area contributed by atoms with E-state index in [1.807, 2.05) is 113 Å². The Kier molecular flexibility index (Phi) is 15.9. The summed E-state index contributed by atoms with van der Waals surface area (Å²) in [6.45, 7) is 9.67. The molecule has 8 bridgehead atoms. The summed E-state index contributed by atoms with van der Waals surface area (Å²) in [7, 11) is 0. The maximum atomic E-state index is 13.0. The lowest BCUT2D eigenvalue weighted by Gasteiger charge is -2.24. The minimum Gasteiger partial charge on any atom is -0.493 e. The van der Waals surface area contributed by atoms with E-state index >= 15 is 0 Å². The van der Waals surface area contributed by atoms with Crippen LogP contribution in [-0.4, -0.2) is 48.6 Å². The highest BCUT2D eigenvalue weighted by Crippen LogP contribution is 2.43. The van der Waals surface area contributed by atoms with E-state index in [1.165, 1.54) is 0 Å². The number of hydrogen-bond donors (Lipinski definition) is 2. The summed E-state index contributed by atoms with van der Waals surface area (Å²) in [4.78, 5) is 26.0. The van der Waals surface area contributed by atoms with Crippen LogP contribution in [-0.2, 0) is 25.7 Å². The Balaban J connectivity index is 1.57. The molecule has 6 aromatic rings. The molecule has 0 radical (unpaired) electrons. The quantitative estimate of drug-likeness (QED) is 0.0805. The predicted molar refractivity (Wildman–Crippen MR) is 255 cm³/mol. The smallest absolute Gasteiger partial charge is 0.335 e. The van der Waals surface area contributed by atoms with Crippen molar-refractivity contribution in [1.82, 2.24) is 0 Å². The molecule has 0 aromatic heterocycles. The van der Waals surface area contributed by atoms with Gasteiger partial charge in [-0.05, 0) is 121 Å². The molecule has 6 aromatic carbocycles. The Morgan fingerprint density at radius 1 is 0.394 bits per heavy atom. The summed E-state index contributed by atoms with van der Waals surface area (Å²) in [5, 5.41) is 39.8. The first-order chi connectivity index (χ1) is 32.2. The Hall–Kier alpha value is -7.34. The minimum atomic E-state index is -1.08. The van der Waals surface area contributed by atoms with Gasteiger partial charge in [-0.2, -0.15) is 20.5 Å². The first kappa shape index (κ1) is 46.6. The number of azo groups is 2. The second kappa shape index (κ2) is 22.5. The van der Waals surface area contributed by atoms with Crippen LogP contribution in [0.4, 0.5) is 22.7 Å². The van der Waals surface area contributed by atoms with Gasteiger partial charge in [0.05, 0.1) is 60.3 Å². The number of benzene rings is 6. The summed E-state index contributed by atoms with van der Waals surface area (Å²) in [5.41, 5.74) is 8.12. The van der Waals surface area contributed by atoms with Gasteiger partial charge in [-0.3, -0.25) is 0 Å². The van der Waals surface area contributed by atoms with Gasteiger partial charge in [0.2, 0.25) is 0 Å². The van der Waals surface area contributed by atoms with E-state index in [4.69, 9.17) is 29.2 Å². The molecule has 0 saturated heterocycles. The normalized spacial score (nSPS) is 12.3. The monoisotopic (exact) mass is 888 g/mol. The Morgan fingerprint density at radius 3 is 0.879 bits per heavy atom. The summed E-state index contributed by atoms with van der Waals surface area (Å²) in [6, 6.07) is 33.2. The number of fused-ring (bicyclic) bond motifs is 8. The maximum absolute atomic E-state index is 13.0. The van der Waals surface area contributed by atoms with E-state index in [1.54, 1.807) is 24.3 Å². The molecule has 12 nitrogen and oxygen atoms in total. The number of carbonyl (C=O) groups is 2. The molecule has 0 spiro atoms. The molecule has 340 valence electrons. The largest absolute Gasteiger partial charge is 0.493 e. The van der Waals surface area contributed by atoms with Crippen molar-refractivity contribution in [2.45, 2.75) is 79.1 Å². The number of rotatable bonds is 18. The van der Waals surface area contributed by atoms with E-state index in [-0.39, 0.29) is 36.8 Å². The van der Waals surface area contributed by atoms with Crippen molar-refractivity contribution < 1.29 is 38.7 Å². The van der Waals surface area contributed by atoms with Crippen LogP contribution in [0.2, 0.25) is 0 Å². The van der Waals surface area contributed by atoms with Crippen LogP contribution < -0.4 is 18.9 Å². The van der Waals surface area contributed by atoms with Gasteiger partial charge in [-0.1, -0.05) is 64.1 Å². The van der Waals surface area contributed by atoms with Gasteiger partial charge >= 0.3 is 11.9 Å². The van der Waals surface area contributed by atoms with Gasteiger partial charge in [0.1, 0.15) is 23.0 Å². The highest BCUT2D eigenvalue weighted by atomic mass is 16.5. The number of nitrogens with zero attached hydrogens (tertiary/aromatic N) is 4. The molecular formula is C54H56N4O8. The molecule has 7 rings (SSSR count). The lowest BCUT2D eigenvalue weighted by Crippen LogP contribution is -2.12. The lowest BCUT2D eigenvalue weighted by atomic mass is 9.89. The SMILES string of the molecule is CCCOc1c2cc(N=Nc3ccccc3)cc1Cc1cc(C(=O)O)cc(c1OCCC)Cc1cc(N=Nc3ccccc3)cc(c1OCCC)Cc1cc(C(=O)O)cc(c1OCCC)C2. The van der Waals surface area contributed by atoms with Gasteiger partial charge in [-0.15, -0.1) is 0 Å². The molecule has 0 amide bonds. The van der Waals surface area contributed by atoms with Crippen molar-refractivity contribution in [3.05, 3.63) is 165 Å². The van der Waals surface area contributed by atoms with Crippen LogP contribution >= 0.6 is 0 Å². The minimum absolute atomic E-state index is 0.103. The van der Waals surface area contributed by atoms with Crippen molar-refractivity contribution in [3.8, 4) is 23.0 Å². The first-order valence-corrected chi connectivity index (χ1v) is 22.7. The topological polar surface area (TPSA) is 161 Å². The van der Waals surface area contributed by atoms with Crippen LogP contribution in [0.5, 0.6) is 23.0 Å². The number of hydrogen-bond acceptors (Lipinski definition) is 10. The molecule has 0 atom stereocenters. The molecular weight excluding hydrogens is 833 g/mol. The third-order valence-corrected chi connectivity index (χ3v) is 10.8. The molecule has 1 aliphatic rings. The van der Waals surface area contributed by atoms with Crippen molar-refractivity contribution in [2.75, 3.05) is 26.4 Å². The molecule has 0 saturated carbocycles. The van der Waals surface area contributed by atoms with E-state index in [0.717, 1.165) is 22.3 Å². The zero-order valence-electron chi connectivity index (χ0n) is 38.0. The van der Waals surface area contributed by atoms with Crippen LogP contribution in [0.15, 0.2) is 130 Å². The zero-order chi connectivity index (χ0) is 46.4. The third kappa shape index (κ3) is 11.7. The fraction of sp³-hybridized carbons (Fsp3) is 0.296. The van der Waals surface area contributed by atoms with Gasteiger partial charge in [0.25, 0.3) is 0 Å². The molecule has 0 aliphatic heterocycles. The van der Waals surface area contributed by atoms with Crippen molar-refractivity contribution in [1.29, 1.82) is 0 Å². The predicted octanol–water partition coefficient (Wildman–Crippen LogP) is 13.7. The van der Waals surface area contributed by atoms with Crippen LogP contribution in [0.25, 0.3) is 0 Å². The molecule has 0 heterocycles. The molecule has 12 heteroatoms. The van der Waals surface area contributed by atoms with Gasteiger partial charge < -0.3 is 29.2 Å². The maximum Gasteiger partial charge on any atom is 0.335 e. The number of ether oxygens (including phenoxy) is 4. The lowest BCUT2D eigenvalue weighted by molar-refractivity contribution is 0.0685. The van der Waals surface area contributed by atoms with Gasteiger partial charge in [-0.25, -0.2) is 9.59 Å². The average molecular weight is 889 g/mol. The molecule has 2 N–H and O–H groups in total. The highest BCUT2D eigenvalue weighted by molar-refractivity contribution is 5.89. The first-order valence-electron chi connectivity index (χ1n) is 22.7. The third-order valence-electron chi connectivity index (χ3n) is 10.8. The number of carboxylic acid groups (broad SMARTS) is 2. The zero-order valence-corrected chi connectivity index (χ0v) is 38.0. The Labute approximate surface area is 386 Å². The van der Waals surface area contributed by atoms with E-state index in [9.17, 15) is 19.8 Å². The summed E-state index contributed by atoms with van der Waals surface area (Å²) < 4.78 is 26.6. The van der Waals surface area contributed by atoms with Crippen LogP contribution in [0.1, 0.15) is 119 Å². The van der Waals surface area contributed by atoms with Crippen LogP contribution in [0.3, 0.4) is 0 Å². The van der Waals surface area contributed by atoms with Gasteiger partial charge in [0.15, 0.2) is 0 Å². The molecule has 0 unspecified atom stereocenters. The van der Waals surface area contributed by atoms with Crippen molar-refractivity contribution in [2.24, 2.45) is 20.5 Å². The summed E-state index contributed by atoms with van der Waals surface area (Å²) >= 11 is 0. The highest BCUT2D eigenvalue weighted by Gasteiger charge is 2.26. The second-order valence-electron chi connectivity index (χ2n) is 16.2. The van der Waals surface area contributed by atoms with Crippen LogP contribution in [0, 0.1) is 0 Å². The Morgan fingerprint density at radius 2 is 0.636 bits per heavy atom. The fourth-order valence-corrected chi connectivity index (χ4v) is 7.99. The van der Waals surface area contributed by atoms with E-state index in [2.05, 4.69) is 10.2 Å². The van der Waals surface area contributed by atoms with E-state index < -0.39 is 11.9 Å². The fourth-order valence-electron chi connectivity index (χ4n) is 7.99. The molecule has 66 heavy (non-hydrogen) atoms. The molecule has 0 fully saturated rings. The second-order valence-corrected chi connectivity index (χ2v) is 16.2. The average Bonchev–Trinajstić information content (AvgIpc) is 3.31. The number of carboxylic acids is 2. The van der Waals surface area contributed by atoms with Crippen molar-refractivity contribution in [3.63, 3.8) is 0 Å². The molecule has 1 aliphatic carbocycles.